The molecule has 15 nitrogen and oxygen atoms in total. The largest absolute Gasteiger partial charge is 0.366 e. The van der Waals surface area contributed by atoms with E-state index in [-0.39, 0.29) is 30.9 Å². The van der Waals surface area contributed by atoms with E-state index < -0.39 is 11.8 Å². The van der Waals surface area contributed by atoms with Gasteiger partial charge in [-0.1, -0.05) is 18.7 Å². The normalized spacial score (nSPS) is 11.3. The second-order valence-corrected chi connectivity index (χ2v) is 12.5. The molecule has 50 heavy (non-hydrogen) atoms. The molecule has 0 saturated heterocycles. The minimum atomic E-state index is -0.575. The smallest absolute Gasteiger partial charge is 0.276 e. The molecule has 0 bridgehead atoms. The summed E-state index contributed by atoms with van der Waals surface area (Å²) in [4.78, 5) is 57.8. The Morgan fingerprint density at radius 1 is 0.900 bits per heavy atom. The summed E-state index contributed by atoms with van der Waals surface area (Å²) in [5, 5.41) is 14.5. The summed E-state index contributed by atoms with van der Waals surface area (Å²) in [6.45, 7) is 15.0. The maximum atomic E-state index is 13.3. The minimum Gasteiger partial charge on any atom is -0.366 e. The molecule has 4 aromatic heterocycles. The maximum Gasteiger partial charge on any atom is 0.276 e. The van der Waals surface area contributed by atoms with E-state index in [0.717, 1.165) is 5.56 Å². The zero-order valence-corrected chi connectivity index (χ0v) is 29.3. The average molecular weight is 698 g/mol. The molecular weight excluding hydrogens is 659 g/mol. The van der Waals surface area contributed by atoms with Gasteiger partial charge in [-0.3, -0.25) is 38.4 Å². The lowest BCUT2D eigenvalue weighted by atomic mass is 10.1. The van der Waals surface area contributed by atoms with Gasteiger partial charge in [0.1, 0.15) is 27.6 Å². The molecule has 0 aliphatic carbocycles. The first-order chi connectivity index (χ1) is 23.8. The van der Waals surface area contributed by atoms with Crippen LogP contribution in [0.2, 0.25) is 0 Å². The van der Waals surface area contributed by atoms with Gasteiger partial charge in [0, 0.05) is 37.4 Å². The molecule has 0 unspecified atom stereocenters. The Hall–Kier alpha value is -6.03. The molecule has 6 N–H and O–H groups in total. The predicted octanol–water partition coefficient (Wildman–Crippen LogP) is 3.87. The van der Waals surface area contributed by atoms with Crippen LogP contribution in [0.15, 0.2) is 61.0 Å². The van der Waals surface area contributed by atoms with Gasteiger partial charge in [0.25, 0.3) is 17.7 Å². The third-order valence-electron chi connectivity index (χ3n) is 7.86. The molecule has 0 aliphatic rings. The maximum absolute atomic E-state index is 13.3. The molecule has 5 rings (SSSR count). The van der Waals surface area contributed by atoms with Crippen molar-refractivity contribution in [1.29, 1.82) is 0 Å². The van der Waals surface area contributed by atoms with Gasteiger partial charge in [0.15, 0.2) is 0 Å². The molecule has 0 atom stereocenters. The van der Waals surface area contributed by atoms with Crippen LogP contribution in [0.4, 0.5) is 11.6 Å². The Bertz CT molecular complexity index is 2170. The van der Waals surface area contributed by atoms with Crippen molar-refractivity contribution in [2.75, 3.05) is 16.8 Å². The fourth-order valence-electron chi connectivity index (χ4n) is 5.49. The number of imidazole rings is 1. The molecule has 4 heterocycles. The van der Waals surface area contributed by atoms with Crippen molar-refractivity contribution >= 4 is 56.9 Å². The van der Waals surface area contributed by atoms with E-state index in [1.54, 1.807) is 55.2 Å². The van der Waals surface area contributed by atoms with Crippen LogP contribution in [0.3, 0.4) is 0 Å². The quantitative estimate of drug-likeness (QED) is 0.125. The summed E-state index contributed by atoms with van der Waals surface area (Å²) < 4.78 is 5.01. The lowest BCUT2D eigenvalue weighted by Gasteiger charge is -2.27. The summed E-state index contributed by atoms with van der Waals surface area (Å²) in [6, 6.07) is 10.0. The van der Waals surface area contributed by atoms with Crippen LogP contribution in [-0.2, 0) is 19.6 Å². The highest BCUT2D eigenvalue weighted by Crippen LogP contribution is 2.29. The van der Waals surface area contributed by atoms with Crippen molar-refractivity contribution < 1.29 is 19.2 Å². The molecule has 0 radical (unpaired) electrons. The van der Waals surface area contributed by atoms with Crippen molar-refractivity contribution in [3.8, 4) is 0 Å². The number of benzene rings is 1. The predicted molar refractivity (Wildman–Crippen MR) is 192 cm³/mol. The van der Waals surface area contributed by atoms with Crippen molar-refractivity contribution in [3.05, 3.63) is 99.7 Å². The summed E-state index contributed by atoms with van der Waals surface area (Å²) in [5.41, 5.74) is 15.6. The van der Waals surface area contributed by atoms with Crippen LogP contribution in [-0.4, -0.2) is 59.3 Å². The van der Waals surface area contributed by atoms with Gasteiger partial charge >= 0.3 is 0 Å². The molecule has 16 heteroatoms. The number of carbonyl (C=O) groups excluding carboxylic acids is 4. The first-order valence-corrected chi connectivity index (χ1v) is 16.7. The van der Waals surface area contributed by atoms with E-state index in [1.165, 1.54) is 11.3 Å². The summed E-state index contributed by atoms with van der Waals surface area (Å²) >= 11 is 1.17. The van der Waals surface area contributed by atoms with Gasteiger partial charge in [-0.2, -0.15) is 10.2 Å². The van der Waals surface area contributed by atoms with E-state index in [0.29, 0.717) is 68.2 Å². The van der Waals surface area contributed by atoms with Gasteiger partial charge in [-0.25, -0.2) is 4.98 Å². The van der Waals surface area contributed by atoms with Crippen LogP contribution in [0.5, 0.6) is 0 Å². The van der Waals surface area contributed by atoms with E-state index >= 15 is 0 Å². The van der Waals surface area contributed by atoms with E-state index in [9.17, 15) is 19.2 Å². The Balaban J connectivity index is 1.43. The zero-order valence-electron chi connectivity index (χ0n) is 28.5. The van der Waals surface area contributed by atoms with Crippen LogP contribution in [0.25, 0.3) is 10.3 Å². The number of aromatic nitrogens is 6. The van der Waals surface area contributed by atoms with Crippen molar-refractivity contribution in [1.82, 2.24) is 34.4 Å². The van der Waals surface area contributed by atoms with Gasteiger partial charge < -0.3 is 21.7 Å². The fraction of sp³-hybridized carbons (Fsp3) is 0.265. The Kier molecular flexibility index (Phi) is 10.3. The van der Waals surface area contributed by atoms with E-state index in [1.807, 2.05) is 46.8 Å². The van der Waals surface area contributed by atoms with Crippen molar-refractivity contribution in [3.63, 3.8) is 0 Å². The minimum absolute atomic E-state index is 0.257. The number of primary amides is 2. The van der Waals surface area contributed by atoms with Gasteiger partial charge in [-0.05, 0) is 76.6 Å². The lowest BCUT2D eigenvalue weighted by Crippen LogP contribution is -2.36. The molecule has 0 aliphatic heterocycles. The van der Waals surface area contributed by atoms with Crippen molar-refractivity contribution in [2.45, 2.75) is 54.3 Å². The standard InChI is InChI=1S/C34H39N11O4S/c1-7-44-26(16-20(4)40-44)31(48)37-22(6)42(25-12-11-23(29(35)46)15-19(25)3)13-9-10-14-43-33-24(18-28(50-33)30(36)47)38-34(43)39-32(49)27-17-21(5)41-45(27)8-2/h9-12,15-18H,6-8,13-14H2,1-5H3,(H2,35,46)(H2,36,47)(H,37,48)(H,38,39,49)/b10-9+. The number of rotatable bonds is 14. The molecule has 4 amide bonds. The lowest BCUT2D eigenvalue weighted by molar-refractivity contribution is 0.0951. The van der Waals surface area contributed by atoms with Crippen LogP contribution in [0, 0.1) is 20.8 Å². The summed E-state index contributed by atoms with van der Waals surface area (Å²) in [7, 11) is 0. The van der Waals surface area contributed by atoms with Crippen LogP contribution >= 0.6 is 11.3 Å². The molecule has 0 saturated carbocycles. The van der Waals surface area contributed by atoms with Gasteiger partial charge in [0.2, 0.25) is 11.9 Å². The third kappa shape index (κ3) is 7.34. The highest BCUT2D eigenvalue weighted by atomic mass is 32.1. The molecule has 260 valence electrons. The number of thiophene rings is 1. The number of anilines is 2. The number of nitrogens with zero attached hydrogens (tertiary/aromatic N) is 7. The number of aryl methyl sites for hydroxylation is 5. The number of nitrogens with one attached hydrogen (secondary N) is 2. The molecule has 0 fully saturated rings. The Morgan fingerprint density at radius 3 is 2.12 bits per heavy atom. The third-order valence-corrected chi connectivity index (χ3v) is 9.02. The van der Waals surface area contributed by atoms with Crippen LogP contribution < -0.4 is 27.0 Å². The summed E-state index contributed by atoms with van der Waals surface area (Å²) in [6.07, 6.45) is 3.74. The zero-order chi connectivity index (χ0) is 36.3. The van der Waals surface area contributed by atoms with E-state index in [4.69, 9.17) is 11.5 Å². The number of carbonyl (C=O) groups is 4. The number of fused-ring (bicyclic) bond motifs is 1. The monoisotopic (exact) mass is 697 g/mol. The summed E-state index contributed by atoms with van der Waals surface area (Å²) in [5.74, 6) is -1.30. The topological polar surface area (TPSA) is 201 Å². The number of hydrogen-bond acceptors (Lipinski definition) is 9. The SMILES string of the molecule is C=C(NC(=O)c1cc(C)nn1CC)N(C/C=C/Cn1c(NC(=O)c2cc(C)nn2CC)nc2cc(C(N)=O)sc21)c1ccc(C(N)=O)cc1C. The van der Waals surface area contributed by atoms with Crippen molar-refractivity contribution in [2.24, 2.45) is 11.5 Å². The number of allylic oxidation sites excluding steroid dienone is 1. The number of hydrogen-bond donors (Lipinski definition) is 4. The molecule has 5 aromatic rings. The number of nitrogens with two attached hydrogens (primary N) is 2. The molecule has 1 aromatic carbocycles. The van der Waals surface area contributed by atoms with Crippen LogP contribution in [0.1, 0.15) is 71.8 Å². The molecule has 0 spiro atoms. The Labute approximate surface area is 292 Å². The second kappa shape index (κ2) is 14.6. The first-order valence-electron chi connectivity index (χ1n) is 15.8. The second-order valence-electron chi connectivity index (χ2n) is 11.5. The number of amides is 4. The fourth-order valence-corrected chi connectivity index (χ4v) is 6.45. The molecular formula is C34H39N11O4S. The highest BCUT2D eigenvalue weighted by Gasteiger charge is 2.22. The Morgan fingerprint density at radius 2 is 1.54 bits per heavy atom. The van der Waals surface area contributed by atoms with E-state index in [2.05, 4.69) is 32.4 Å². The highest BCUT2D eigenvalue weighted by molar-refractivity contribution is 7.20. The first kappa shape index (κ1) is 35.3. The van der Waals surface area contributed by atoms with Gasteiger partial charge in [0.05, 0.1) is 16.3 Å². The van der Waals surface area contributed by atoms with Gasteiger partial charge in [-0.15, -0.1) is 11.3 Å². The average Bonchev–Trinajstić information content (AvgIpc) is 3.83.